The molecule has 1 atom stereocenters. The Morgan fingerprint density at radius 2 is 2.09 bits per heavy atom. The van der Waals surface area contributed by atoms with Gasteiger partial charge in [-0.15, -0.1) is 0 Å². The van der Waals surface area contributed by atoms with Crippen molar-refractivity contribution in [2.24, 2.45) is 5.92 Å². The van der Waals surface area contributed by atoms with E-state index in [9.17, 15) is 14.4 Å². The van der Waals surface area contributed by atoms with E-state index in [-0.39, 0.29) is 29.3 Å². The Hall–Kier alpha value is -1.82. The molecule has 0 bridgehead atoms. The lowest BCUT2D eigenvalue weighted by atomic mass is 10.1. The van der Waals surface area contributed by atoms with E-state index in [1.165, 1.54) is 18.7 Å². The quantitative estimate of drug-likeness (QED) is 0.747. The molecule has 1 amide bonds. The lowest BCUT2D eigenvalue weighted by molar-refractivity contribution is -0.142. The second-order valence-electron chi connectivity index (χ2n) is 5.49. The van der Waals surface area contributed by atoms with E-state index in [1.807, 2.05) is 24.3 Å². The van der Waals surface area contributed by atoms with E-state index in [1.54, 1.807) is 11.8 Å². The Morgan fingerprint density at radius 1 is 1.35 bits per heavy atom. The van der Waals surface area contributed by atoms with Crippen molar-refractivity contribution in [3.63, 3.8) is 0 Å². The number of ether oxygens (including phenoxy) is 1. The van der Waals surface area contributed by atoms with Crippen molar-refractivity contribution in [1.29, 1.82) is 0 Å². The van der Waals surface area contributed by atoms with Gasteiger partial charge < -0.3 is 9.64 Å². The van der Waals surface area contributed by atoms with E-state index in [4.69, 9.17) is 4.74 Å². The van der Waals surface area contributed by atoms with Crippen LogP contribution in [-0.4, -0.2) is 35.9 Å². The summed E-state index contributed by atoms with van der Waals surface area (Å²) in [5, 5.41) is 0.0682. The molecule has 0 aromatic heterocycles. The highest BCUT2D eigenvalue weighted by Gasteiger charge is 2.32. The van der Waals surface area contributed by atoms with Crippen LogP contribution in [0.2, 0.25) is 0 Å². The van der Waals surface area contributed by atoms with Gasteiger partial charge in [-0.3, -0.25) is 14.4 Å². The Morgan fingerprint density at radius 3 is 2.78 bits per heavy atom. The first-order valence-electron chi connectivity index (χ1n) is 7.68. The first-order chi connectivity index (χ1) is 11.0. The first-order valence-corrected chi connectivity index (χ1v) is 8.67. The molecule has 6 heteroatoms. The third-order valence-electron chi connectivity index (χ3n) is 3.65. The molecular formula is C17H21NO4S. The molecule has 1 aromatic carbocycles. The van der Waals surface area contributed by atoms with Crippen molar-refractivity contribution in [2.45, 2.75) is 26.7 Å². The summed E-state index contributed by atoms with van der Waals surface area (Å²) in [4.78, 5) is 36.9. The maximum atomic E-state index is 12.3. The van der Waals surface area contributed by atoms with Crippen LogP contribution in [0.1, 0.15) is 25.8 Å². The summed E-state index contributed by atoms with van der Waals surface area (Å²) in [7, 11) is 0. The molecule has 0 saturated carbocycles. The fourth-order valence-electron chi connectivity index (χ4n) is 2.65. The summed E-state index contributed by atoms with van der Waals surface area (Å²) in [6.07, 6.45) is 0.592. The summed E-state index contributed by atoms with van der Waals surface area (Å²) in [6, 6.07) is 7.40. The molecule has 0 aliphatic carbocycles. The molecule has 1 fully saturated rings. The first kappa shape index (κ1) is 17.5. The number of hydrogen-bond acceptors (Lipinski definition) is 5. The van der Waals surface area contributed by atoms with Crippen molar-refractivity contribution in [3.8, 4) is 0 Å². The number of para-hydroxylation sites is 1. The van der Waals surface area contributed by atoms with Crippen molar-refractivity contribution < 1.29 is 19.1 Å². The molecule has 124 valence electrons. The van der Waals surface area contributed by atoms with Gasteiger partial charge in [0.2, 0.25) is 5.91 Å². The minimum atomic E-state index is -0.296. The van der Waals surface area contributed by atoms with E-state index in [2.05, 4.69) is 0 Å². The molecule has 1 saturated heterocycles. The minimum Gasteiger partial charge on any atom is -0.466 e. The highest BCUT2D eigenvalue weighted by atomic mass is 32.2. The predicted molar refractivity (Wildman–Crippen MR) is 90.4 cm³/mol. The maximum absolute atomic E-state index is 12.3. The van der Waals surface area contributed by atoms with Gasteiger partial charge in [0.1, 0.15) is 0 Å². The van der Waals surface area contributed by atoms with Crippen LogP contribution in [0.15, 0.2) is 24.3 Å². The van der Waals surface area contributed by atoms with Crippen LogP contribution < -0.4 is 4.90 Å². The number of esters is 1. The molecule has 1 unspecified atom stereocenters. The second kappa shape index (κ2) is 8.15. The van der Waals surface area contributed by atoms with Gasteiger partial charge in [-0.2, -0.15) is 0 Å². The third kappa shape index (κ3) is 4.82. The van der Waals surface area contributed by atoms with Gasteiger partial charge in [0.15, 0.2) is 5.12 Å². The molecular weight excluding hydrogens is 314 g/mol. The molecule has 2 rings (SSSR count). The molecule has 1 aliphatic heterocycles. The predicted octanol–water partition coefficient (Wildman–Crippen LogP) is 2.42. The number of benzene rings is 1. The van der Waals surface area contributed by atoms with Crippen LogP contribution >= 0.6 is 11.8 Å². The van der Waals surface area contributed by atoms with Crippen molar-refractivity contribution in [3.05, 3.63) is 29.8 Å². The number of hydrogen-bond donors (Lipinski definition) is 0. The average Bonchev–Trinajstić information content (AvgIpc) is 2.87. The number of amides is 1. The van der Waals surface area contributed by atoms with Crippen molar-refractivity contribution in [1.82, 2.24) is 0 Å². The normalized spacial score (nSPS) is 17.4. The Balaban J connectivity index is 2.10. The molecule has 0 N–H and O–H groups in total. The molecule has 0 spiro atoms. The maximum Gasteiger partial charge on any atom is 0.310 e. The Labute approximate surface area is 140 Å². The van der Waals surface area contributed by atoms with Gasteiger partial charge in [0.25, 0.3) is 0 Å². The molecule has 1 aromatic rings. The molecule has 1 aliphatic rings. The number of carbonyl (C=O) groups excluding carboxylic acids is 3. The number of carbonyl (C=O) groups is 3. The Kier molecular flexibility index (Phi) is 6.21. The lowest BCUT2D eigenvalue weighted by Gasteiger charge is -2.20. The summed E-state index contributed by atoms with van der Waals surface area (Å²) < 4.78 is 4.99. The zero-order valence-corrected chi connectivity index (χ0v) is 14.2. The van der Waals surface area contributed by atoms with Gasteiger partial charge in [-0.05, 0) is 24.5 Å². The lowest BCUT2D eigenvalue weighted by Crippen LogP contribution is -2.26. The van der Waals surface area contributed by atoms with Crippen molar-refractivity contribution >= 4 is 34.4 Å². The molecule has 23 heavy (non-hydrogen) atoms. The average molecular weight is 335 g/mol. The van der Waals surface area contributed by atoms with Gasteiger partial charge in [-0.25, -0.2) is 0 Å². The topological polar surface area (TPSA) is 63.7 Å². The van der Waals surface area contributed by atoms with E-state index in [0.717, 1.165) is 11.3 Å². The zero-order valence-electron chi connectivity index (χ0n) is 13.4. The summed E-state index contributed by atoms with van der Waals surface area (Å²) >= 11 is 1.26. The highest BCUT2D eigenvalue weighted by molar-refractivity contribution is 8.13. The second-order valence-corrected chi connectivity index (χ2v) is 6.68. The van der Waals surface area contributed by atoms with Gasteiger partial charge in [0, 0.05) is 31.3 Å². The number of nitrogens with zero attached hydrogens (tertiary/aromatic N) is 1. The van der Waals surface area contributed by atoms with Crippen LogP contribution in [0.5, 0.6) is 0 Å². The van der Waals surface area contributed by atoms with Crippen LogP contribution in [0.4, 0.5) is 5.69 Å². The van der Waals surface area contributed by atoms with Gasteiger partial charge in [0.05, 0.1) is 13.0 Å². The van der Waals surface area contributed by atoms with Crippen LogP contribution in [0, 0.1) is 5.92 Å². The fraction of sp³-hybridized carbons (Fsp3) is 0.471. The molecule has 1 heterocycles. The zero-order chi connectivity index (χ0) is 16.8. The van der Waals surface area contributed by atoms with E-state index in [0.29, 0.717) is 25.3 Å². The standard InChI is InChI=1S/C17H21NO4S/c1-3-22-17(21)9-14-6-4-5-7-15(14)18-10-13(8-16(18)20)11-23-12(2)19/h4-7,13H,3,8-11H2,1-2H3. The van der Waals surface area contributed by atoms with E-state index >= 15 is 0 Å². The summed E-state index contributed by atoms with van der Waals surface area (Å²) in [5.74, 6) is 0.551. The van der Waals surface area contributed by atoms with Crippen molar-refractivity contribution in [2.75, 3.05) is 23.8 Å². The smallest absolute Gasteiger partial charge is 0.310 e. The summed E-state index contributed by atoms with van der Waals surface area (Å²) in [5.41, 5.74) is 1.56. The molecule has 5 nitrogen and oxygen atoms in total. The monoisotopic (exact) mass is 335 g/mol. The number of anilines is 1. The Bertz CT molecular complexity index is 602. The van der Waals surface area contributed by atoms with Crippen LogP contribution in [0.3, 0.4) is 0 Å². The third-order valence-corrected chi connectivity index (χ3v) is 4.69. The number of rotatable bonds is 6. The largest absolute Gasteiger partial charge is 0.466 e. The van der Waals surface area contributed by atoms with Crippen LogP contribution in [-0.2, 0) is 25.5 Å². The summed E-state index contributed by atoms with van der Waals surface area (Å²) in [6.45, 7) is 4.23. The van der Waals surface area contributed by atoms with Gasteiger partial charge >= 0.3 is 5.97 Å². The van der Waals surface area contributed by atoms with Gasteiger partial charge in [-0.1, -0.05) is 30.0 Å². The molecule has 0 radical (unpaired) electrons. The minimum absolute atomic E-state index is 0.0375. The van der Waals surface area contributed by atoms with E-state index < -0.39 is 0 Å². The van der Waals surface area contributed by atoms with Crippen LogP contribution in [0.25, 0.3) is 0 Å². The SMILES string of the molecule is CCOC(=O)Cc1ccccc1N1CC(CSC(C)=O)CC1=O. The highest BCUT2D eigenvalue weighted by Crippen LogP contribution is 2.30. The number of thioether (sulfide) groups is 1. The fourth-order valence-corrected chi connectivity index (χ4v) is 3.35.